The van der Waals surface area contributed by atoms with Crippen molar-refractivity contribution in [1.82, 2.24) is 47.4 Å². The van der Waals surface area contributed by atoms with Crippen molar-refractivity contribution in [3.05, 3.63) is 0 Å². The van der Waals surface area contributed by atoms with Crippen molar-refractivity contribution < 1.29 is 57.8 Å². The van der Waals surface area contributed by atoms with Gasteiger partial charge in [0, 0.05) is 19.9 Å². The Hall–Kier alpha value is -5.91. The fraction of sp³-hybridized carbons (Fsp3) is 0.761. The summed E-state index contributed by atoms with van der Waals surface area (Å²) in [5.74, 6) is -9.06. The minimum Gasteiger partial charge on any atom is -0.394 e. The summed E-state index contributed by atoms with van der Waals surface area (Å²) >= 11 is 0. The van der Waals surface area contributed by atoms with Gasteiger partial charge in [0.05, 0.1) is 13.2 Å². The third-order valence-electron chi connectivity index (χ3n) is 11.4. The fourth-order valence-electron chi connectivity index (χ4n) is 7.72. The molecule has 0 spiro atoms. The highest BCUT2D eigenvalue weighted by Gasteiger charge is 2.37. The number of carbonyl (C=O) groups excluding carboxylic acids is 11. The maximum Gasteiger partial charge on any atom is 0.245 e. The van der Waals surface area contributed by atoms with E-state index >= 15 is 0 Å². The molecular weight excluding hydrogens is 913 g/mol. The number of nitrogens with two attached hydrogens (primary N) is 3. The Kier molecular flexibility index (Phi) is 27.8. The van der Waals surface area contributed by atoms with Crippen LogP contribution in [-0.2, 0) is 52.7 Å². The van der Waals surface area contributed by atoms with Crippen LogP contribution < -0.4 is 59.7 Å². The standard InChI is InChI=1S/C46H82N12O12/c1-24(2)19-31(39(49)63)51-37(62)22-50-46(70)38(27(7)8)57-44(68)34(23-59)56-41(65)30(15-16-36(48)61)52-42(66)32(20-25(3)4)55-43(67)33(21-26(5)6)54-40(64)29(13-10-11-17-47)53-45(69)35-14-12-18-58(35)28(9)60/h24-27,29-35,38,59H,10-23,47H2,1-9H3,(H2,48,61)(H2,49,63)(H,50,70)(H,51,62)(H,52,66)(H,53,69)(H,54,64)(H,55,67)(H,56,65)(H,57,68)/t29-,30-,31-,32-,33-,34-,35-,38-/m0/s1. The van der Waals surface area contributed by atoms with E-state index in [1.165, 1.54) is 11.8 Å². The molecule has 1 aliphatic rings. The highest BCUT2D eigenvalue weighted by atomic mass is 16.3. The summed E-state index contributed by atoms with van der Waals surface area (Å²) in [5.41, 5.74) is 16.5. The zero-order valence-corrected chi connectivity index (χ0v) is 42.4. The van der Waals surface area contributed by atoms with Gasteiger partial charge < -0.3 is 69.7 Å². The Morgan fingerprint density at radius 1 is 0.586 bits per heavy atom. The minimum absolute atomic E-state index is 0.0259. The Morgan fingerprint density at radius 3 is 1.51 bits per heavy atom. The van der Waals surface area contributed by atoms with E-state index in [0.29, 0.717) is 38.8 Å². The molecule has 24 heteroatoms. The van der Waals surface area contributed by atoms with Crippen LogP contribution in [0.4, 0.5) is 0 Å². The lowest BCUT2D eigenvalue weighted by atomic mass is 9.99. The highest BCUT2D eigenvalue weighted by molar-refractivity contribution is 5.98. The third-order valence-corrected chi connectivity index (χ3v) is 11.4. The first-order valence-electron chi connectivity index (χ1n) is 24.3. The molecule has 0 aromatic heterocycles. The normalized spacial score (nSPS) is 16.5. The number of hydrogen-bond acceptors (Lipinski definition) is 13. The van der Waals surface area contributed by atoms with Crippen molar-refractivity contribution in [2.75, 3.05) is 26.2 Å². The van der Waals surface area contributed by atoms with Crippen molar-refractivity contribution in [1.29, 1.82) is 0 Å². The van der Waals surface area contributed by atoms with Gasteiger partial charge in [-0.05, 0) is 88.0 Å². The lowest BCUT2D eigenvalue weighted by Crippen LogP contribution is -2.61. The molecule has 70 heavy (non-hydrogen) atoms. The predicted molar refractivity (Wildman–Crippen MR) is 258 cm³/mol. The van der Waals surface area contributed by atoms with Crippen molar-refractivity contribution in [3.63, 3.8) is 0 Å². The summed E-state index contributed by atoms with van der Waals surface area (Å²) in [4.78, 5) is 146. The SMILES string of the molecule is CC(=O)N1CCC[C@H]1C(=O)N[C@@H](CCCCN)C(=O)N[C@@H](CC(C)C)C(=O)N[C@@H](CC(C)C)C(=O)N[C@@H](CCC(N)=O)C(=O)N[C@@H](CO)C(=O)N[C@H](C(=O)NCC(=O)N[C@@H](CC(C)C)C(N)=O)C(C)C. The quantitative estimate of drug-likeness (QED) is 0.0303. The van der Waals surface area contributed by atoms with Crippen LogP contribution >= 0.6 is 0 Å². The number of aliphatic hydroxyl groups is 1. The molecule has 0 aromatic carbocycles. The van der Waals surface area contributed by atoms with Gasteiger partial charge >= 0.3 is 0 Å². The topological polar surface area (TPSA) is 386 Å². The maximum atomic E-state index is 14.1. The molecule has 398 valence electrons. The number of hydrogen-bond donors (Lipinski definition) is 12. The van der Waals surface area contributed by atoms with Crippen LogP contribution in [0.15, 0.2) is 0 Å². The van der Waals surface area contributed by atoms with Gasteiger partial charge in [0.1, 0.15) is 48.3 Å². The maximum absolute atomic E-state index is 14.1. The second kappa shape index (κ2) is 31.3. The van der Waals surface area contributed by atoms with Crippen molar-refractivity contribution in [2.45, 2.75) is 175 Å². The number of primary amides is 2. The molecule has 8 atom stereocenters. The van der Waals surface area contributed by atoms with Crippen LogP contribution in [0.1, 0.15) is 127 Å². The molecule has 24 nitrogen and oxygen atoms in total. The molecule has 1 saturated heterocycles. The van der Waals surface area contributed by atoms with E-state index in [9.17, 15) is 57.8 Å². The molecule has 1 heterocycles. The van der Waals surface area contributed by atoms with E-state index in [1.54, 1.807) is 27.7 Å². The first kappa shape index (κ1) is 62.1. The summed E-state index contributed by atoms with van der Waals surface area (Å²) in [6, 6.07) is -9.81. The van der Waals surface area contributed by atoms with Gasteiger partial charge in [0.25, 0.3) is 0 Å². The van der Waals surface area contributed by atoms with E-state index in [4.69, 9.17) is 17.2 Å². The zero-order chi connectivity index (χ0) is 53.4. The van der Waals surface area contributed by atoms with Crippen LogP contribution in [-0.4, -0.2) is 150 Å². The van der Waals surface area contributed by atoms with Gasteiger partial charge in [-0.2, -0.15) is 0 Å². The predicted octanol–water partition coefficient (Wildman–Crippen LogP) is -2.83. The van der Waals surface area contributed by atoms with Gasteiger partial charge in [0.2, 0.25) is 65.0 Å². The van der Waals surface area contributed by atoms with Gasteiger partial charge in [0.15, 0.2) is 0 Å². The zero-order valence-electron chi connectivity index (χ0n) is 42.4. The first-order chi connectivity index (χ1) is 32.7. The summed E-state index contributed by atoms with van der Waals surface area (Å²) in [6.45, 7) is 14.6. The van der Waals surface area contributed by atoms with Crippen LogP contribution in [0, 0.1) is 23.7 Å². The lowest BCUT2D eigenvalue weighted by molar-refractivity contribution is -0.138. The van der Waals surface area contributed by atoms with Crippen LogP contribution in [0.3, 0.4) is 0 Å². The van der Waals surface area contributed by atoms with Gasteiger partial charge in [-0.1, -0.05) is 55.4 Å². The number of unbranched alkanes of at least 4 members (excludes halogenated alkanes) is 1. The Balaban J connectivity index is 3.28. The molecule has 1 fully saturated rings. The molecule has 0 radical (unpaired) electrons. The average Bonchev–Trinajstić information content (AvgIpc) is 3.77. The van der Waals surface area contributed by atoms with Crippen molar-refractivity contribution >= 4 is 65.0 Å². The van der Waals surface area contributed by atoms with Crippen molar-refractivity contribution in [2.24, 2.45) is 40.9 Å². The Labute approximate surface area is 411 Å². The molecule has 11 amide bonds. The summed E-state index contributed by atoms with van der Waals surface area (Å²) in [7, 11) is 0. The largest absolute Gasteiger partial charge is 0.394 e. The third kappa shape index (κ3) is 22.7. The molecule has 0 aromatic rings. The number of amides is 11. The second-order valence-corrected chi connectivity index (χ2v) is 19.5. The minimum atomic E-state index is -1.69. The number of carbonyl (C=O) groups is 11. The molecule has 1 rings (SSSR count). The molecule has 15 N–H and O–H groups in total. The average molecular weight is 995 g/mol. The smallest absolute Gasteiger partial charge is 0.245 e. The first-order valence-corrected chi connectivity index (χ1v) is 24.3. The Bertz CT molecular complexity index is 1810. The van der Waals surface area contributed by atoms with E-state index in [0.717, 1.165) is 0 Å². The second-order valence-electron chi connectivity index (χ2n) is 19.5. The number of nitrogens with zero attached hydrogens (tertiary/aromatic N) is 1. The number of aliphatic hydroxyl groups excluding tert-OH is 1. The molecule has 0 aliphatic carbocycles. The van der Waals surface area contributed by atoms with Crippen LogP contribution in [0.5, 0.6) is 0 Å². The van der Waals surface area contributed by atoms with E-state index in [-0.39, 0.29) is 55.8 Å². The number of nitrogens with one attached hydrogen (secondary N) is 8. The molecule has 0 saturated carbocycles. The molecular formula is C46H82N12O12. The van der Waals surface area contributed by atoms with E-state index in [2.05, 4.69) is 42.5 Å². The van der Waals surface area contributed by atoms with E-state index < -0.39 is 133 Å². The van der Waals surface area contributed by atoms with Crippen LogP contribution in [0.25, 0.3) is 0 Å². The Morgan fingerprint density at radius 2 is 1.06 bits per heavy atom. The number of rotatable bonds is 32. The molecule has 1 aliphatic heterocycles. The van der Waals surface area contributed by atoms with Crippen LogP contribution in [0.2, 0.25) is 0 Å². The molecule has 0 bridgehead atoms. The van der Waals surface area contributed by atoms with Crippen molar-refractivity contribution in [3.8, 4) is 0 Å². The van der Waals surface area contributed by atoms with E-state index in [1.807, 2.05) is 27.7 Å². The summed E-state index contributed by atoms with van der Waals surface area (Å²) in [5, 5.41) is 30.6. The fourth-order valence-corrected chi connectivity index (χ4v) is 7.72. The molecule has 0 unspecified atom stereocenters. The summed E-state index contributed by atoms with van der Waals surface area (Å²) in [6.07, 6.45) is 1.92. The summed E-state index contributed by atoms with van der Waals surface area (Å²) < 4.78 is 0. The highest BCUT2D eigenvalue weighted by Crippen LogP contribution is 2.18. The van der Waals surface area contributed by atoms with Gasteiger partial charge in [-0.25, -0.2) is 0 Å². The van der Waals surface area contributed by atoms with Gasteiger partial charge in [-0.15, -0.1) is 0 Å². The lowest BCUT2D eigenvalue weighted by Gasteiger charge is -2.29. The number of likely N-dealkylation sites (tertiary alicyclic amines) is 1. The van der Waals surface area contributed by atoms with Gasteiger partial charge in [-0.3, -0.25) is 52.7 Å². The monoisotopic (exact) mass is 995 g/mol.